The number of carbonyl (C=O) groups is 1. The second-order valence-corrected chi connectivity index (χ2v) is 6.77. The van der Waals surface area contributed by atoms with E-state index in [2.05, 4.69) is 50.8 Å². The fourth-order valence-corrected chi connectivity index (χ4v) is 2.96. The van der Waals surface area contributed by atoms with Gasteiger partial charge in [-0.25, -0.2) is 0 Å². The van der Waals surface area contributed by atoms with Crippen LogP contribution in [-0.4, -0.2) is 29.7 Å². The molecule has 4 nitrogen and oxygen atoms in total. The second-order valence-electron chi connectivity index (χ2n) is 5.85. The lowest BCUT2D eigenvalue weighted by Crippen LogP contribution is -2.44. The minimum atomic E-state index is -0.638. The highest BCUT2D eigenvalue weighted by Crippen LogP contribution is 2.26. The largest absolute Gasteiger partial charge is 0.390 e. The summed E-state index contributed by atoms with van der Waals surface area (Å²) in [6.45, 7) is 4.28. The summed E-state index contributed by atoms with van der Waals surface area (Å²) in [5, 5.41) is 16.1. The summed E-state index contributed by atoms with van der Waals surface area (Å²) >= 11 is 3.52. The molecule has 0 saturated carbocycles. The predicted molar refractivity (Wildman–Crippen MR) is 101 cm³/mol. The molecule has 0 aliphatic rings. The van der Waals surface area contributed by atoms with Gasteiger partial charge in [0.1, 0.15) is 0 Å². The highest BCUT2D eigenvalue weighted by molar-refractivity contribution is 9.10. The Morgan fingerprint density at radius 1 is 1.21 bits per heavy atom. The number of nitrogens with one attached hydrogen (secondary N) is 2. The number of amides is 1. The summed E-state index contributed by atoms with van der Waals surface area (Å²) < 4.78 is 1.02. The quantitative estimate of drug-likeness (QED) is 0.680. The van der Waals surface area contributed by atoms with Crippen molar-refractivity contribution < 1.29 is 9.90 Å². The van der Waals surface area contributed by atoms with E-state index in [9.17, 15) is 9.90 Å². The van der Waals surface area contributed by atoms with Crippen LogP contribution in [0.4, 0.5) is 0 Å². The van der Waals surface area contributed by atoms with Gasteiger partial charge in [-0.15, -0.1) is 0 Å². The molecule has 128 valence electrons. The van der Waals surface area contributed by atoms with E-state index in [1.807, 2.05) is 24.3 Å². The van der Waals surface area contributed by atoms with Crippen molar-refractivity contribution in [2.24, 2.45) is 0 Å². The molecule has 0 spiro atoms. The number of carbonyl (C=O) groups excluding carboxylic acids is 1. The van der Waals surface area contributed by atoms with Crippen LogP contribution in [0.25, 0.3) is 11.1 Å². The lowest BCUT2D eigenvalue weighted by Gasteiger charge is -2.20. The van der Waals surface area contributed by atoms with Crippen molar-refractivity contribution >= 4 is 21.8 Å². The number of aliphatic hydroxyl groups excluding tert-OH is 1. The first-order valence-electron chi connectivity index (χ1n) is 7.97. The number of rotatable bonds is 7. The molecular weight excluding hydrogens is 368 g/mol. The van der Waals surface area contributed by atoms with E-state index < -0.39 is 6.10 Å². The third kappa shape index (κ3) is 5.44. The predicted octanol–water partition coefficient (Wildman–Crippen LogP) is 3.09. The second kappa shape index (κ2) is 8.97. The van der Waals surface area contributed by atoms with Crippen LogP contribution >= 0.6 is 15.9 Å². The maximum atomic E-state index is 11.0. The maximum absolute atomic E-state index is 11.0. The highest BCUT2D eigenvalue weighted by atomic mass is 79.9. The topological polar surface area (TPSA) is 61.4 Å². The maximum Gasteiger partial charge on any atom is 0.217 e. The zero-order valence-electron chi connectivity index (χ0n) is 13.9. The standard InChI is InChI=1S/C19H23BrN2O2/c1-13(22-14(2)23)19(24)12-21-11-16-10-17(20)8-9-18(16)15-6-4-3-5-7-15/h3-10,13,19,21,24H,11-12H2,1-2H3,(H,22,23)/t13-,19?/m0/s1. The molecule has 2 aromatic carbocycles. The monoisotopic (exact) mass is 390 g/mol. The fraction of sp³-hybridized carbons (Fsp3) is 0.316. The van der Waals surface area contributed by atoms with Crippen LogP contribution in [0.3, 0.4) is 0 Å². The molecule has 0 heterocycles. The van der Waals surface area contributed by atoms with Crippen molar-refractivity contribution in [2.45, 2.75) is 32.5 Å². The molecule has 2 aromatic rings. The zero-order valence-corrected chi connectivity index (χ0v) is 15.5. The van der Waals surface area contributed by atoms with Gasteiger partial charge in [0, 0.05) is 24.5 Å². The van der Waals surface area contributed by atoms with Crippen LogP contribution < -0.4 is 10.6 Å². The van der Waals surface area contributed by atoms with Gasteiger partial charge in [0.05, 0.1) is 12.1 Å². The Morgan fingerprint density at radius 3 is 2.58 bits per heavy atom. The number of hydrogen-bond donors (Lipinski definition) is 3. The first-order valence-corrected chi connectivity index (χ1v) is 8.76. The first-order chi connectivity index (χ1) is 11.5. The summed E-state index contributed by atoms with van der Waals surface area (Å²) in [6.07, 6.45) is -0.638. The molecule has 2 atom stereocenters. The first kappa shape index (κ1) is 18.6. The van der Waals surface area contributed by atoms with Gasteiger partial charge in [-0.3, -0.25) is 4.79 Å². The minimum Gasteiger partial charge on any atom is -0.390 e. The van der Waals surface area contributed by atoms with Gasteiger partial charge in [0.2, 0.25) is 5.91 Å². The van der Waals surface area contributed by atoms with Crippen molar-refractivity contribution in [3.05, 3.63) is 58.6 Å². The average molecular weight is 391 g/mol. The lowest BCUT2D eigenvalue weighted by atomic mass is 9.99. The molecular formula is C19H23BrN2O2. The molecule has 0 saturated heterocycles. The van der Waals surface area contributed by atoms with E-state index >= 15 is 0 Å². The number of halogens is 1. The highest BCUT2D eigenvalue weighted by Gasteiger charge is 2.14. The number of benzene rings is 2. The Labute approximate surface area is 151 Å². The Balaban J connectivity index is 2.02. The number of aliphatic hydroxyl groups is 1. The Kier molecular flexibility index (Phi) is 6.97. The molecule has 1 unspecified atom stereocenters. The van der Waals surface area contributed by atoms with Crippen molar-refractivity contribution in [3.8, 4) is 11.1 Å². The third-order valence-corrected chi connectivity index (χ3v) is 4.32. The summed E-state index contributed by atoms with van der Waals surface area (Å²) in [5.41, 5.74) is 3.47. The molecule has 0 radical (unpaired) electrons. The van der Waals surface area contributed by atoms with E-state index in [-0.39, 0.29) is 11.9 Å². The summed E-state index contributed by atoms with van der Waals surface area (Å²) in [6, 6.07) is 16.1. The third-order valence-electron chi connectivity index (χ3n) is 3.83. The van der Waals surface area contributed by atoms with E-state index in [0.29, 0.717) is 13.1 Å². The van der Waals surface area contributed by atoms with Crippen molar-refractivity contribution in [1.29, 1.82) is 0 Å². The lowest BCUT2D eigenvalue weighted by molar-refractivity contribution is -0.120. The van der Waals surface area contributed by atoms with Crippen LogP contribution in [0.1, 0.15) is 19.4 Å². The van der Waals surface area contributed by atoms with E-state index in [0.717, 1.165) is 21.2 Å². The Bertz CT molecular complexity index is 676. The summed E-state index contributed by atoms with van der Waals surface area (Å²) in [4.78, 5) is 11.0. The van der Waals surface area contributed by atoms with Crippen LogP contribution in [0.5, 0.6) is 0 Å². The molecule has 2 rings (SSSR count). The zero-order chi connectivity index (χ0) is 17.5. The van der Waals surface area contributed by atoms with Crippen LogP contribution in [0, 0.1) is 0 Å². The van der Waals surface area contributed by atoms with Crippen LogP contribution in [-0.2, 0) is 11.3 Å². The van der Waals surface area contributed by atoms with E-state index in [4.69, 9.17) is 0 Å². The van der Waals surface area contributed by atoms with Gasteiger partial charge < -0.3 is 15.7 Å². The van der Waals surface area contributed by atoms with Gasteiger partial charge in [-0.2, -0.15) is 0 Å². The SMILES string of the molecule is CC(=O)N[C@@H](C)C(O)CNCc1cc(Br)ccc1-c1ccccc1. The fourth-order valence-electron chi connectivity index (χ4n) is 2.56. The molecule has 0 bridgehead atoms. The molecule has 5 heteroatoms. The molecule has 0 aromatic heterocycles. The van der Waals surface area contributed by atoms with Gasteiger partial charge >= 0.3 is 0 Å². The van der Waals surface area contributed by atoms with Crippen LogP contribution in [0.2, 0.25) is 0 Å². The summed E-state index contributed by atoms with van der Waals surface area (Å²) in [7, 11) is 0. The molecule has 24 heavy (non-hydrogen) atoms. The van der Waals surface area contributed by atoms with E-state index in [1.165, 1.54) is 6.92 Å². The number of hydrogen-bond acceptors (Lipinski definition) is 3. The molecule has 3 N–H and O–H groups in total. The van der Waals surface area contributed by atoms with Crippen molar-refractivity contribution in [2.75, 3.05) is 6.54 Å². The van der Waals surface area contributed by atoms with Crippen molar-refractivity contribution in [3.63, 3.8) is 0 Å². The molecule has 0 aliphatic heterocycles. The minimum absolute atomic E-state index is 0.139. The average Bonchev–Trinajstić information content (AvgIpc) is 2.55. The molecule has 0 fully saturated rings. The molecule has 1 amide bonds. The van der Waals surface area contributed by atoms with Gasteiger partial charge in [-0.1, -0.05) is 52.3 Å². The Hall–Kier alpha value is -1.69. The summed E-state index contributed by atoms with van der Waals surface area (Å²) in [5.74, 6) is -0.139. The van der Waals surface area contributed by atoms with Gasteiger partial charge in [0.25, 0.3) is 0 Å². The van der Waals surface area contributed by atoms with Crippen LogP contribution in [0.15, 0.2) is 53.0 Å². The molecule has 0 aliphatic carbocycles. The normalized spacial score (nSPS) is 13.3. The van der Waals surface area contributed by atoms with E-state index in [1.54, 1.807) is 6.92 Å². The van der Waals surface area contributed by atoms with Gasteiger partial charge in [-0.05, 0) is 35.7 Å². The van der Waals surface area contributed by atoms with Gasteiger partial charge in [0.15, 0.2) is 0 Å². The smallest absolute Gasteiger partial charge is 0.217 e. The van der Waals surface area contributed by atoms with Crippen molar-refractivity contribution in [1.82, 2.24) is 10.6 Å². The Morgan fingerprint density at radius 2 is 1.92 bits per heavy atom.